The van der Waals surface area contributed by atoms with Crippen LogP contribution in [0, 0.1) is 5.82 Å². The Balaban J connectivity index is 2.08. The molecule has 0 radical (unpaired) electrons. The summed E-state index contributed by atoms with van der Waals surface area (Å²) in [5.41, 5.74) is 1.22. The monoisotopic (exact) mass is 350 g/mol. The summed E-state index contributed by atoms with van der Waals surface area (Å²) in [5.74, 6) is -0.663. The maximum atomic E-state index is 13.7. The number of benzene rings is 2. The summed E-state index contributed by atoms with van der Waals surface area (Å²) >= 11 is 0. The molecule has 0 aliphatic rings. The number of rotatable bonds is 6. The summed E-state index contributed by atoms with van der Waals surface area (Å²) < 4.78 is 39.1. The predicted octanol–water partition coefficient (Wildman–Crippen LogP) is 2.86. The lowest BCUT2D eigenvalue weighted by Gasteiger charge is -2.18. The quantitative estimate of drug-likeness (QED) is 0.871. The molecule has 0 aromatic heterocycles. The third-order valence-electron chi connectivity index (χ3n) is 3.50. The van der Waals surface area contributed by atoms with E-state index >= 15 is 0 Å². The van der Waals surface area contributed by atoms with Crippen LogP contribution in [0.2, 0.25) is 0 Å². The second-order valence-electron chi connectivity index (χ2n) is 5.34. The van der Waals surface area contributed by atoms with Gasteiger partial charge in [-0.1, -0.05) is 18.2 Å². The lowest BCUT2D eigenvalue weighted by molar-refractivity contribution is 0.0784. The zero-order chi connectivity index (χ0) is 17.7. The van der Waals surface area contributed by atoms with Crippen molar-refractivity contribution in [2.24, 2.45) is 0 Å². The Bertz CT molecular complexity index is 820. The van der Waals surface area contributed by atoms with Gasteiger partial charge in [-0.2, -0.15) is 0 Å². The summed E-state index contributed by atoms with van der Waals surface area (Å²) in [7, 11) is -1.77. The molecule has 24 heavy (non-hydrogen) atoms. The topological polar surface area (TPSA) is 66.5 Å². The van der Waals surface area contributed by atoms with Crippen molar-refractivity contribution in [3.63, 3.8) is 0 Å². The summed E-state index contributed by atoms with van der Waals surface area (Å²) in [5, 5.41) is 0. The molecule has 2 aromatic rings. The number of nitrogens with one attached hydrogen (secondary N) is 1. The van der Waals surface area contributed by atoms with Crippen LogP contribution in [0.4, 0.5) is 10.1 Å². The zero-order valence-electron chi connectivity index (χ0n) is 13.5. The van der Waals surface area contributed by atoms with Crippen LogP contribution in [0.5, 0.6) is 0 Å². The number of hydrogen-bond acceptors (Lipinski definition) is 3. The molecule has 2 rings (SSSR count). The van der Waals surface area contributed by atoms with Crippen molar-refractivity contribution >= 4 is 21.6 Å². The summed E-state index contributed by atoms with van der Waals surface area (Å²) in [6.45, 7) is 1.69. The maximum Gasteiger partial charge on any atom is 0.253 e. The third kappa shape index (κ3) is 4.55. The smallest absolute Gasteiger partial charge is 0.253 e. The summed E-state index contributed by atoms with van der Waals surface area (Å²) in [6, 6.07) is 12.4. The number of anilines is 1. The Morgan fingerprint density at radius 3 is 2.33 bits per heavy atom. The van der Waals surface area contributed by atoms with E-state index in [1.807, 2.05) is 0 Å². The minimum Gasteiger partial charge on any atom is -0.337 e. The molecular formula is C17H19FN2O3S. The van der Waals surface area contributed by atoms with E-state index < -0.39 is 10.0 Å². The van der Waals surface area contributed by atoms with E-state index in [0.717, 1.165) is 0 Å². The Hall–Kier alpha value is -2.41. The molecule has 0 saturated carbocycles. The van der Waals surface area contributed by atoms with Gasteiger partial charge in [-0.05, 0) is 37.3 Å². The van der Waals surface area contributed by atoms with Crippen molar-refractivity contribution in [2.75, 3.05) is 17.5 Å². The van der Waals surface area contributed by atoms with Gasteiger partial charge in [-0.15, -0.1) is 0 Å². The number of carbonyl (C=O) groups is 1. The van der Waals surface area contributed by atoms with E-state index in [-0.39, 0.29) is 24.0 Å². The Labute approximate surface area is 141 Å². The van der Waals surface area contributed by atoms with Crippen molar-refractivity contribution in [3.05, 3.63) is 65.5 Å². The average molecular weight is 350 g/mol. The number of amides is 1. The minimum absolute atomic E-state index is 0.0287. The summed E-state index contributed by atoms with van der Waals surface area (Å²) in [4.78, 5) is 13.8. The molecule has 0 atom stereocenters. The molecule has 128 valence electrons. The second-order valence-corrected chi connectivity index (χ2v) is 7.35. The molecule has 0 unspecified atom stereocenters. The number of hydrogen-bond donors (Lipinski definition) is 1. The fourth-order valence-electron chi connectivity index (χ4n) is 2.11. The van der Waals surface area contributed by atoms with Gasteiger partial charge in [0.1, 0.15) is 5.82 Å². The Morgan fingerprint density at radius 2 is 1.75 bits per heavy atom. The highest BCUT2D eigenvalue weighted by Crippen LogP contribution is 2.15. The van der Waals surface area contributed by atoms with Gasteiger partial charge in [-0.3, -0.25) is 9.52 Å². The molecule has 2 aromatic carbocycles. The molecular weight excluding hydrogens is 331 g/mol. The van der Waals surface area contributed by atoms with Gasteiger partial charge in [-0.25, -0.2) is 12.8 Å². The molecule has 1 N–H and O–H groups in total. The molecule has 0 heterocycles. The Kier molecular flexibility index (Phi) is 5.56. The van der Waals surface area contributed by atoms with Crippen LogP contribution in [0.25, 0.3) is 0 Å². The molecule has 0 fully saturated rings. The second kappa shape index (κ2) is 7.44. The van der Waals surface area contributed by atoms with Gasteiger partial charge in [0.25, 0.3) is 5.91 Å². The van der Waals surface area contributed by atoms with Crippen molar-refractivity contribution in [1.29, 1.82) is 0 Å². The SMILES string of the molecule is CCS(=O)(=O)Nc1ccc(C(=O)N(C)Cc2ccccc2F)cc1. The summed E-state index contributed by atoms with van der Waals surface area (Å²) in [6.07, 6.45) is 0. The average Bonchev–Trinajstić information content (AvgIpc) is 2.56. The largest absolute Gasteiger partial charge is 0.337 e. The highest BCUT2D eigenvalue weighted by atomic mass is 32.2. The predicted molar refractivity (Wildman–Crippen MR) is 91.7 cm³/mol. The number of sulfonamides is 1. The van der Waals surface area contributed by atoms with Crippen LogP contribution in [0.1, 0.15) is 22.8 Å². The van der Waals surface area contributed by atoms with Gasteiger partial charge in [0.15, 0.2) is 0 Å². The molecule has 0 aliphatic heterocycles. The van der Waals surface area contributed by atoms with E-state index in [0.29, 0.717) is 16.8 Å². The molecule has 0 bridgehead atoms. The Morgan fingerprint density at radius 1 is 1.12 bits per heavy atom. The van der Waals surface area contributed by atoms with Crippen molar-refractivity contribution < 1.29 is 17.6 Å². The van der Waals surface area contributed by atoms with Crippen molar-refractivity contribution in [2.45, 2.75) is 13.5 Å². The van der Waals surface area contributed by atoms with Crippen LogP contribution in [0.3, 0.4) is 0 Å². The van der Waals surface area contributed by atoms with Gasteiger partial charge < -0.3 is 4.90 Å². The standard InChI is InChI=1S/C17H19FN2O3S/c1-3-24(22,23)19-15-10-8-13(9-11-15)17(21)20(2)12-14-6-4-5-7-16(14)18/h4-11,19H,3,12H2,1-2H3. The minimum atomic E-state index is -3.35. The van der Waals surface area contributed by atoms with E-state index in [9.17, 15) is 17.6 Å². The first-order valence-corrected chi connectivity index (χ1v) is 9.07. The van der Waals surface area contributed by atoms with Crippen molar-refractivity contribution in [3.8, 4) is 0 Å². The first-order valence-electron chi connectivity index (χ1n) is 7.42. The number of carbonyl (C=O) groups excluding carboxylic acids is 1. The molecule has 0 saturated heterocycles. The van der Waals surface area contributed by atoms with Crippen molar-refractivity contribution in [1.82, 2.24) is 4.90 Å². The van der Waals surface area contributed by atoms with E-state index in [2.05, 4.69) is 4.72 Å². The molecule has 5 nitrogen and oxygen atoms in total. The van der Waals surface area contributed by atoms with Crippen LogP contribution >= 0.6 is 0 Å². The van der Waals surface area contributed by atoms with Gasteiger partial charge in [0, 0.05) is 30.4 Å². The van der Waals surface area contributed by atoms with Crippen LogP contribution < -0.4 is 4.72 Å². The lowest BCUT2D eigenvalue weighted by Crippen LogP contribution is -2.26. The third-order valence-corrected chi connectivity index (χ3v) is 4.80. The highest BCUT2D eigenvalue weighted by molar-refractivity contribution is 7.92. The van der Waals surface area contributed by atoms with Gasteiger partial charge in [0.05, 0.1) is 5.75 Å². The number of halogens is 1. The number of nitrogens with zero attached hydrogens (tertiary/aromatic N) is 1. The van der Waals surface area contributed by atoms with Crippen LogP contribution in [-0.4, -0.2) is 32.0 Å². The lowest BCUT2D eigenvalue weighted by atomic mass is 10.1. The first kappa shape index (κ1) is 17.9. The van der Waals surface area contributed by atoms with Crippen LogP contribution in [0.15, 0.2) is 48.5 Å². The maximum absolute atomic E-state index is 13.7. The van der Waals surface area contributed by atoms with Gasteiger partial charge in [0.2, 0.25) is 10.0 Å². The van der Waals surface area contributed by atoms with Crippen LogP contribution in [-0.2, 0) is 16.6 Å². The van der Waals surface area contributed by atoms with E-state index in [1.54, 1.807) is 25.2 Å². The molecule has 1 amide bonds. The fourth-order valence-corrected chi connectivity index (χ4v) is 2.75. The van der Waals surface area contributed by atoms with E-state index in [4.69, 9.17) is 0 Å². The van der Waals surface area contributed by atoms with E-state index in [1.165, 1.54) is 42.2 Å². The zero-order valence-corrected chi connectivity index (χ0v) is 14.3. The normalized spacial score (nSPS) is 11.1. The molecule has 7 heteroatoms. The van der Waals surface area contributed by atoms with Gasteiger partial charge >= 0.3 is 0 Å². The molecule has 0 aliphatic carbocycles. The highest BCUT2D eigenvalue weighted by Gasteiger charge is 2.14. The fraction of sp³-hybridized carbons (Fsp3) is 0.235. The molecule has 0 spiro atoms. The first-order chi connectivity index (χ1) is 11.3.